The van der Waals surface area contributed by atoms with Gasteiger partial charge in [0.15, 0.2) is 0 Å². The summed E-state index contributed by atoms with van der Waals surface area (Å²) in [5.74, 6) is 0.899. The van der Waals surface area contributed by atoms with Gasteiger partial charge in [0.05, 0.1) is 0 Å². The van der Waals surface area contributed by atoms with E-state index in [1.54, 1.807) is 0 Å². The molecular weight excluding hydrogens is 224 g/mol. The Labute approximate surface area is 112 Å². The Balaban J connectivity index is 1.71. The van der Waals surface area contributed by atoms with Crippen LogP contribution in [0.25, 0.3) is 0 Å². The van der Waals surface area contributed by atoms with Gasteiger partial charge in [-0.25, -0.2) is 0 Å². The first kappa shape index (κ1) is 14.3. The zero-order valence-electron chi connectivity index (χ0n) is 12.4. The van der Waals surface area contributed by atoms with Crippen LogP contribution in [0.15, 0.2) is 0 Å². The first-order valence-electron chi connectivity index (χ1n) is 7.60. The molecule has 0 radical (unpaired) electrons. The summed E-state index contributed by atoms with van der Waals surface area (Å²) in [5, 5.41) is 3.61. The molecule has 0 aromatic rings. The molecule has 1 N–H and O–H groups in total. The van der Waals surface area contributed by atoms with Crippen LogP contribution < -0.4 is 5.32 Å². The highest BCUT2D eigenvalue weighted by Crippen LogP contribution is 2.24. The Kier molecular flexibility index (Phi) is 5.05. The Hall–Kier alpha value is -0.120. The smallest absolute Gasteiger partial charge is 0.0468 e. The van der Waals surface area contributed by atoms with Gasteiger partial charge in [-0.15, -0.1) is 0 Å². The lowest BCUT2D eigenvalue weighted by Crippen LogP contribution is -2.52. The van der Waals surface area contributed by atoms with E-state index in [1.165, 1.54) is 45.2 Å². The zero-order chi connectivity index (χ0) is 13.0. The first-order chi connectivity index (χ1) is 8.57. The van der Waals surface area contributed by atoms with E-state index in [-0.39, 0.29) is 0 Å². The zero-order valence-corrected chi connectivity index (χ0v) is 12.4. The average Bonchev–Trinajstić information content (AvgIpc) is 2.36. The van der Waals surface area contributed by atoms with Crippen LogP contribution in [0.1, 0.15) is 46.0 Å². The third-order valence-electron chi connectivity index (χ3n) is 4.68. The molecule has 0 amide bonds. The predicted octanol–water partition coefficient (Wildman–Crippen LogP) is 2.27. The van der Waals surface area contributed by atoms with Crippen molar-refractivity contribution < 1.29 is 4.74 Å². The van der Waals surface area contributed by atoms with Gasteiger partial charge in [0, 0.05) is 24.8 Å². The molecule has 18 heavy (non-hydrogen) atoms. The maximum atomic E-state index is 5.43. The van der Waals surface area contributed by atoms with Crippen LogP contribution in [0.5, 0.6) is 0 Å². The summed E-state index contributed by atoms with van der Waals surface area (Å²) >= 11 is 0. The standard InChI is InChI=1S/C15H30N2O/c1-15(2)12-14(4-8-16-15)17(3)9-5-13-6-10-18-11-7-13/h13-14,16H,4-12H2,1-3H3. The molecule has 0 saturated carbocycles. The SMILES string of the molecule is CN(CCC1CCOCC1)C1CCNC(C)(C)C1. The molecule has 0 bridgehead atoms. The maximum Gasteiger partial charge on any atom is 0.0468 e. The van der Waals surface area contributed by atoms with Crippen LogP contribution in [0.3, 0.4) is 0 Å². The Bertz CT molecular complexity index is 249. The van der Waals surface area contributed by atoms with E-state index in [0.29, 0.717) is 5.54 Å². The first-order valence-corrected chi connectivity index (χ1v) is 7.60. The predicted molar refractivity (Wildman–Crippen MR) is 75.9 cm³/mol. The van der Waals surface area contributed by atoms with Crippen molar-refractivity contribution in [2.75, 3.05) is 33.4 Å². The molecule has 0 spiro atoms. The summed E-state index contributed by atoms with van der Waals surface area (Å²) in [6.45, 7) is 9.03. The summed E-state index contributed by atoms with van der Waals surface area (Å²) < 4.78 is 5.43. The second-order valence-electron chi connectivity index (χ2n) is 6.78. The molecule has 2 fully saturated rings. The number of piperidine rings is 1. The number of rotatable bonds is 4. The average molecular weight is 254 g/mol. The van der Waals surface area contributed by atoms with Crippen molar-refractivity contribution in [2.24, 2.45) is 5.92 Å². The molecule has 106 valence electrons. The minimum absolute atomic E-state index is 0.315. The van der Waals surface area contributed by atoms with Gasteiger partial charge in [-0.2, -0.15) is 0 Å². The van der Waals surface area contributed by atoms with Crippen molar-refractivity contribution in [2.45, 2.75) is 57.5 Å². The molecule has 0 aliphatic carbocycles. The van der Waals surface area contributed by atoms with Crippen molar-refractivity contribution in [1.82, 2.24) is 10.2 Å². The summed E-state index contributed by atoms with van der Waals surface area (Å²) in [6, 6.07) is 0.765. The van der Waals surface area contributed by atoms with Crippen LogP contribution in [-0.4, -0.2) is 49.8 Å². The number of ether oxygens (including phenoxy) is 1. The molecule has 1 unspecified atom stereocenters. The fraction of sp³-hybridized carbons (Fsp3) is 1.00. The minimum atomic E-state index is 0.315. The fourth-order valence-electron chi connectivity index (χ4n) is 3.32. The lowest BCUT2D eigenvalue weighted by molar-refractivity contribution is 0.0569. The molecule has 3 nitrogen and oxygen atoms in total. The summed E-state index contributed by atoms with van der Waals surface area (Å²) in [7, 11) is 2.31. The molecule has 1 atom stereocenters. The second-order valence-corrected chi connectivity index (χ2v) is 6.78. The Morgan fingerprint density at radius 3 is 2.61 bits per heavy atom. The van der Waals surface area contributed by atoms with E-state index >= 15 is 0 Å². The molecule has 2 aliphatic heterocycles. The monoisotopic (exact) mass is 254 g/mol. The largest absolute Gasteiger partial charge is 0.381 e. The molecule has 0 aromatic heterocycles. The number of nitrogens with zero attached hydrogens (tertiary/aromatic N) is 1. The fourth-order valence-corrected chi connectivity index (χ4v) is 3.32. The van der Waals surface area contributed by atoms with Gasteiger partial charge >= 0.3 is 0 Å². The Morgan fingerprint density at radius 1 is 1.22 bits per heavy atom. The molecule has 2 saturated heterocycles. The van der Waals surface area contributed by atoms with Gasteiger partial charge < -0.3 is 15.0 Å². The van der Waals surface area contributed by atoms with Crippen molar-refractivity contribution in [3.63, 3.8) is 0 Å². The van der Waals surface area contributed by atoms with E-state index in [4.69, 9.17) is 4.74 Å². The van der Waals surface area contributed by atoms with Crippen LogP contribution in [0.4, 0.5) is 0 Å². The van der Waals surface area contributed by atoms with Gasteiger partial charge in [-0.05, 0) is 72.0 Å². The molecule has 2 heterocycles. The van der Waals surface area contributed by atoms with Crippen molar-refractivity contribution >= 4 is 0 Å². The van der Waals surface area contributed by atoms with Crippen molar-refractivity contribution in [1.29, 1.82) is 0 Å². The lowest BCUT2D eigenvalue weighted by atomic mass is 9.88. The van der Waals surface area contributed by atoms with Crippen molar-refractivity contribution in [3.8, 4) is 0 Å². The van der Waals surface area contributed by atoms with Gasteiger partial charge in [-0.1, -0.05) is 0 Å². The number of hydrogen-bond acceptors (Lipinski definition) is 3. The quantitative estimate of drug-likeness (QED) is 0.833. The third-order valence-corrected chi connectivity index (χ3v) is 4.68. The molecular formula is C15H30N2O. The van der Waals surface area contributed by atoms with Gasteiger partial charge in [-0.3, -0.25) is 0 Å². The minimum Gasteiger partial charge on any atom is -0.381 e. The number of nitrogens with one attached hydrogen (secondary N) is 1. The van der Waals surface area contributed by atoms with E-state index in [9.17, 15) is 0 Å². The highest BCUT2D eigenvalue weighted by molar-refractivity contribution is 4.90. The van der Waals surface area contributed by atoms with Gasteiger partial charge in [0.1, 0.15) is 0 Å². The number of hydrogen-bond donors (Lipinski definition) is 1. The topological polar surface area (TPSA) is 24.5 Å². The summed E-state index contributed by atoms with van der Waals surface area (Å²) in [4.78, 5) is 2.60. The van der Waals surface area contributed by atoms with Crippen LogP contribution in [0.2, 0.25) is 0 Å². The van der Waals surface area contributed by atoms with Crippen molar-refractivity contribution in [3.05, 3.63) is 0 Å². The van der Waals surface area contributed by atoms with Crippen LogP contribution in [0, 0.1) is 5.92 Å². The van der Waals surface area contributed by atoms with E-state index < -0.39 is 0 Å². The Morgan fingerprint density at radius 2 is 1.94 bits per heavy atom. The van der Waals surface area contributed by atoms with E-state index in [0.717, 1.165) is 25.2 Å². The van der Waals surface area contributed by atoms with Crippen LogP contribution in [-0.2, 0) is 4.74 Å². The molecule has 0 aromatic carbocycles. The molecule has 2 aliphatic rings. The maximum absolute atomic E-state index is 5.43. The van der Waals surface area contributed by atoms with E-state index in [2.05, 4.69) is 31.1 Å². The van der Waals surface area contributed by atoms with E-state index in [1.807, 2.05) is 0 Å². The lowest BCUT2D eigenvalue weighted by Gasteiger charge is -2.41. The highest BCUT2D eigenvalue weighted by atomic mass is 16.5. The second kappa shape index (κ2) is 6.36. The third kappa shape index (κ3) is 4.22. The molecule has 3 heteroatoms. The summed E-state index contributed by atoms with van der Waals surface area (Å²) in [5.41, 5.74) is 0.315. The van der Waals surface area contributed by atoms with Gasteiger partial charge in [0.25, 0.3) is 0 Å². The van der Waals surface area contributed by atoms with Gasteiger partial charge in [0.2, 0.25) is 0 Å². The normalized spacial score (nSPS) is 29.7. The summed E-state index contributed by atoms with van der Waals surface area (Å²) in [6.07, 6.45) is 6.46. The van der Waals surface area contributed by atoms with Crippen LogP contribution >= 0.6 is 0 Å². The molecule has 2 rings (SSSR count). The highest BCUT2D eigenvalue weighted by Gasteiger charge is 2.29.